The molecule has 35 heavy (non-hydrogen) atoms. The Labute approximate surface area is 206 Å². The van der Waals surface area contributed by atoms with Crippen LogP contribution in [-0.4, -0.2) is 48.3 Å². The largest absolute Gasteiger partial charge is 0.480 e. The second-order valence-electron chi connectivity index (χ2n) is 9.02. The predicted molar refractivity (Wildman–Crippen MR) is 134 cm³/mol. The molecule has 0 saturated heterocycles. The van der Waals surface area contributed by atoms with Crippen LogP contribution in [-0.2, 0) is 14.3 Å². The maximum Gasteiger partial charge on any atom is 0.407 e. The van der Waals surface area contributed by atoms with Gasteiger partial charge in [-0.05, 0) is 54.0 Å². The summed E-state index contributed by atoms with van der Waals surface area (Å²) in [5, 5.41) is 14.7. The highest BCUT2D eigenvalue weighted by Gasteiger charge is 2.32. The SMILES string of the molecule is CC[C@H](C)[C@H](NC(=O)OCC1c2ccccc2-c2ccccc21)C(=O)N[C@@H](CCCCN)C(=O)O. The van der Waals surface area contributed by atoms with Crippen molar-refractivity contribution >= 4 is 18.0 Å². The Morgan fingerprint density at radius 1 is 1.00 bits per heavy atom. The van der Waals surface area contributed by atoms with Crippen molar-refractivity contribution in [2.75, 3.05) is 13.2 Å². The number of rotatable bonds is 12. The van der Waals surface area contributed by atoms with Crippen LogP contribution in [0.1, 0.15) is 56.6 Å². The summed E-state index contributed by atoms with van der Waals surface area (Å²) in [7, 11) is 0. The third kappa shape index (κ3) is 6.39. The summed E-state index contributed by atoms with van der Waals surface area (Å²) in [6.07, 6.45) is 1.44. The predicted octanol–water partition coefficient (Wildman–Crippen LogP) is 3.64. The fourth-order valence-electron chi connectivity index (χ4n) is 4.48. The molecule has 0 aromatic heterocycles. The lowest BCUT2D eigenvalue weighted by molar-refractivity contribution is -0.142. The number of fused-ring (bicyclic) bond motifs is 3. The number of carboxylic acids is 1. The molecule has 2 aromatic rings. The fourth-order valence-corrected chi connectivity index (χ4v) is 4.48. The van der Waals surface area contributed by atoms with Crippen molar-refractivity contribution in [3.63, 3.8) is 0 Å². The minimum atomic E-state index is -1.11. The molecule has 0 radical (unpaired) electrons. The monoisotopic (exact) mass is 481 g/mol. The Morgan fingerprint density at radius 2 is 1.60 bits per heavy atom. The van der Waals surface area contributed by atoms with Gasteiger partial charge in [-0.25, -0.2) is 9.59 Å². The summed E-state index contributed by atoms with van der Waals surface area (Å²) in [5.41, 5.74) is 9.93. The number of hydrogen-bond acceptors (Lipinski definition) is 5. The van der Waals surface area contributed by atoms with Crippen LogP contribution in [0.25, 0.3) is 11.1 Å². The molecule has 5 N–H and O–H groups in total. The van der Waals surface area contributed by atoms with E-state index in [2.05, 4.69) is 22.8 Å². The van der Waals surface area contributed by atoms with Crippen molar-refractivity contribution in [3.05, 3.63) is 59.7 Å². The number of nitrogens with one attached hydrogen (secondary N) is 2. The first kappa shape index (κ1) is 26.2. The van der Waals surface area contributed by atoms with Gasteiger partial charge in [0.25, 0.3) is 0 Å². The Morgan fingerprint density at radius 3 is 2.14 bits per heavy atom. The highest BCUT2D eigenvalue weighted by atomic mass is 16.5. The van der Waals surface area contributed by atoms with Gasteiger partial charge in [-0.2, -0.15) is 0 Å². The third-order valence-electron chi connectivity index (χ3n) is 6.67. The number of carbonyl (C=O) groups excluding carboxylic acids is 2. The molecule has 3 rings (SSSR count). The van der Waals surface area contributed by atoms with E-state index in [9.17, 15) is 19.5 Å². The molecule has 1 aliphatic carbocycles. The molecular formula is C27H35N3O5. The first-order valence-electron chi connectivity index (χ1n) is 12.2. The summed E-state index contributed by atoms with van der Waals surface area (Å²) in [6.45, 7) is 4.32. The van der Waals surface area contributed by atoms with Gasteiger partial charge in [0.2, 0.25) is 5.91 Å². The summed E-state index contributed by atoms with van der Waals surface area (Å²) in [5.74, 6) is -1.95. The zero-order valence-corrected chi connectivity index (χ0v) is 20.3. The Balaban J connectivity index is 1.65. The highest BCUT2D eigenvalue weighted by Crippen LogP contribution is 2.44. The van der Waals surface area contributed by atoms with Gasteiger partial charge in [0.15, 0.2) is 0 Å². The van der Waals surface area contributed by atoms with E-state index in [-0.39, 0.29) is 24.9 Å². The number of carbonyl (C=O) groups is 3. The van der Waals surface area contributed by atoms with Crippen molar-refractivity contribution in [2.24, 2.45) is 11.7 Å². The summed E-state index contributed by atoms with van der Waals surface area (Å²) in [4.78, 5) is 37.3. The number of unbranched alkanes of at least 4 members (excludes halogenated alkanes) is 1. The van der Waals surface area contributed by atoms with Crippen LogP contribution in [0.3, 0.4) is 0 Å². The molecule has 0 heterocycles. The lowest BCUT2D eigenvalue weighted by Gasteiger charge is -2.25. The third-order valence-corrected chi connectivity index (χ3v) is 6.67. The summed E-state index contributed by atoms with van der Waals surface area (Å²) >= 11 is 0. The van der Waals surface area contributed by atoms with Crippen molar-refractivity contribution < 1.29 is 24.2 Å². The van der Waals surface area contributed by atoms with Crippen LogP contribution >= 0.6 is 0 Å². The van der Waals surface area contributed by atoms with E-state index in [1.54, 1.807) is 0 Å². The molecule has 0 saturated carbocycles. The molecular weight excluding hydrogens is 446 g/mol. The number of aliphatic carboxylic acids is 1. The second-order valence-corrected chi connectivity index (χ2v) is 9.02. The van der Waals surface area contributed by atoms with E-state index in [1.165, 1.54) is 0 Å². The molecule has 0 fully saturated rings. The number of ether oxygens (including phenoxy) is 1. The average Bonchev–Trinajstić information content (AvgIpc) is 3.18. The van der Waals surface area contributed by atoms with Crippen LogP contribution in [0.4, 0.5) is 4.79 Å². The summed E-state index contributed by atoms with van der Waals surface area (Å²) in [6, 6.07) is 14.1. The van der Waals surface area contributed by atoms with Crippen LogP contribution < -0.4 is 16.4 Å². The number of hydrogen-bond donors (Lipinski definition) is 4. The van der Waals surface area contributed by atoms with Crippen LogP contribution in [0.15, 0.2) is 48.5 Å². The second kappa shape index (κ2) is 12.4. The number of benzene rings is 2. The Hall–Kier alpha value is -3.39. The fraction of sp³-hybridized carbons (Fsp3) is 0.444. The molecule has 2 amide bonds. The van der Waals surface area contributed by atoms with E-state index >= 15 is 0 Å². The van der Waals surface area contributed by atoms with Crippen LogP contribution in [0, 0.1) is 5.92 Å². The van der Waals surface area contributed by atoms with Gasteiger partial charge in [-0.15, -0.1) is 0 Å². The molecule has 8 nitrogen and oxygen atoms in total. The Kier molecular flexibility index (Phi) is 9.25. The first-order valence-corrected chi connectivity index (χ1v) is 12.2. The van der Waals surface area contributed by atoms with Gasteiger partial charge in [-0.1, -0.05) is 68.8 Å². The zero-order valence-electron chi connectivity index (χ0n) is 20.3. The van der Waals surface area contributed by atoms with Crippen molar-refractivity contribution in [1.82, 2.24) is 10.6 Å². The molecule has 188 valence electrons. The van der Waals surface area contributed by atoms with Gasteiger partial charge in [-0.3, -0.25) is 4.79 Å². The normalized spacial score (nSPS) is 14.8. The molecule has 8 heteroatoms. The minimum absolute atomic E-state index is 0.0945. The van der Waals surface area contributed by atoms with Gasteiger partial charge in [0.05, 0.1) is 0 Å². The van der Waals surface area contributed by atoms with Gasteiger partial charge in [0.1, 0.15) is 18.7 Å². The van der Waals surface area contributed by atoms with Crippen molar-refractivity contribution in [1.29, 1.82) is 0 Å². The standard InChI is InChI=1S/C27H35N3O5/c1-3-17(2)24(25(31)29-23(26(32)33)14-8-9-15-28)30-27(34)35-16-22-20-12-6-4-10-18(20)19-11-5-7-13-21(19)22/h4-7,10-13,17,22-24H,3,8-9,14-16,28H2,1-2H3,(H,29,31)(H,30,34)(H,32,33)/t17-,23-,24-/m0/s1. The molecule has 0 aliphatic heterocycles. The number of nitrogens with two attached hydrogens (primary N) is 1. The number of amides is 2. The van der Waals surface area contributed by atoms with Gasteiger partial charge >= 0.3 is 12.1 Å². The van der Waals surface area contributed by atoms with Gasteiger partial charge < -0.3 is 26.2 Å². The number of carboxylic acid groups (broad SMARTS) is 1. The molecule has 1 aliphatic rings. The molecule has 3 atom stereocenters. The number of alkyl carbamates (subject to hydrolysis) is 1. The Bertz CT molecular complexity index is 995. The molecule has 0 spiro atoms. The minimum Gasteiger partial charge on any atom is -0.480 e. The van der Waals surface area contributed by atoms with E-state index in [0.29, 0.717) is 25.8 Å². The van der Waals surface area contributed by atoms with Crippen LogP contribution in [0.5, 0.6) is 0 Å². The zero-order chi connectivity index (χ0) is 25.4. The van der Waals surface area contributed by atoms with E-state index in [1.807, 2.05) is 50.2 Å². The van der Waals surface area contributed by atoms with Gasteiger partial charge in [0, 0.05) is 5.92 Å². The molecule has 0 unspecified atom stereocenters. The molecule has 2 aromatic carbocycles. The van der Waals surface area contributed by atoms with E-state index < -0.39 is 30.1 Å². The van der Waals surface area contributed by atoms with Crippen LogP contribution in [0.2, 0.25) is 0 Å². The van der Waals surface area contributed by atoms with Crippen molar-refractivity contribution in [2.45, 2.75) is 57.5 Å². The average molecular weight is 482 g/mol. The van der Waals surface area contributed by atoms with Crippen molar-refractivity contribution in [3.8, 4) is 11.1 Å². The quantitative estimate of drug-likeness (QED) is 0.342. The maximum atomic E-state index is 12.9. The highest BCUT2D eigenvalue weighted by molar-refractivity contribution is 5.89. The smallest absolute Gasteiger partial charge is 0.407 e. The first-order chi connectivity index (χ1) is 16.9. The maximum absolute atomic E-state index is 12.9. The topological polar surface area (TPSA) is 131 Å². The van der Waals surface area contributed by atoms with E-state index in [4.69, 9.17) is 10.5 Å². The van der Waals surface area contributed by atoms with E-state index in [0.717, 1.165) is 22.3 Å². The lowest BCUT2D eigenvalue weighted by atomic mass is 9.97. The summed E-state index contributed by atoms with van der Waals surface area (Å²) < 4.78 is 5.59. The molecule has 0 bridgehead atoms. The lowest BCUT2D eigenvalue weighted by Crippen LogP contribution is -2.54.